The SMILES string of the molecule is [2H]C1=C2C([2H])([2H])C[C@@H]3C4C=C[C@](O)(C#C)[C@]4(CC)CC[C@H]3[C@]2([2H])CC([2H])([2H])C1=O. The summed E-state index contributed by atoms with van der Waals surface area (Å²) in [5.41, 5.74) is -2.22. The molecule has 4 aliphatic rings. The van der Waals surface area contributed by atoms with Crippen LogP contribution >= 0.6 is 0 Å². The Bertz CT molecular complexity index is 886. The van der Waals surface area contributed by atoms with E-state index >= 15 is 0 Å². The van der Waals surface area contributed by atoms with Gasteiger partial charge in [-0.2, -0.15) is 0 Å². The van der Waals surface area contributed by atoms with Crippen LogP contribution in [0.3, 0.4) is 0 Å². The van der Waals surface area contributed by atoms with Gasteiger partial charge in [-0.15, -0.1) is 6.42 Å². The van der Waals surface area contributed by atoms with E-state index in [1.54, 1.807) is 6.08 Å². The number of carbonyl (C=O) groups excluding carboxylic acids is 1. The normalized spacial score (nSPS) is 59.9. The van der Waals surface area contributed by atoms with Gasteiger partial charge in [0.15, 0.2) is 5.78 Å². The van der Waals surface area contributed by atoms with Gasteiger partial charge in [0.25, 0.3) is 0 Å². The average Bonchev–Trinajstić information content (AvgIpc) is 2.93. The minimum Gasteiger partial charge on any atom is -0.373 e. The summed E-state index contributed by atoms with van der Waals surface area (Å²) in [6, 6.07) is -0.672. The van der Waals surface area contributed by atoms with E-state index in [0.29, 0.717) is 19.3 Å². The van der Waals surface area contributed by atoms with Crippen LogP contribution in [-0.2, 0) is 4.79 Å². The molecule has 4 aliphatic carbocycles. The quantitative estimate of drug-likeness (QED) is 0.592. The van der Waals surface area contributed by atoms with Crippen LogP contribution in [0.1, 0.15) is 60.0 Å². The summed E-state index contributed by atoms with van der Waals surface area (Å²) < 4.78 is 50.9. The maximum Gasteiger partial charge on any atom is 0.155 e. The van der Waals surface area contributed by atoms with Crippen LogP contribution in [0.2, 0.25) is 0 Å². The van der Waals surface area contributed by atoms with E-state index < -0.39 is 53.8 Å². The average molecular weight is 316 g/mol. The molecular formula is C21H26O2. The lowest BCUT2D eigenvalue weighted by Crippen LogP contribution is -2.54. The molecule has 23 heavy (non-hydrogen) atoms. The van der Waals surface area contributed by atoms with Gasteiger partial charge in [0.05, 0.1) is 1.37 Å². The third-order valence-electron chi connectivity index (χ3n) is 6.63. The highest BCUT2D eigenvalue weighted by Gasteiger charge is 2.61. The standard InChI is InChI=1S/C21H26O2/c1-3-20-11-9-17-16-8-6-15(22)13-14(16)5-7-18(17)19(20)10-12-21(20,23)4-2/h2,10,12-13,16-19,23H,3,5-9,11H2,1H3/t16-,17+,18+,19?,20-,21-/m1/s1/i5D2,6D2,13D,16D. The molecule has 0 spiro atoms. The Labute approximate surface area is 147 Å². The van der Waals surface area contributed by atoms with Gasteiger partial charge in [-0.1, -0.05) is 24.5 Å². The number of rotatable bonds is 1. The Morgan fingerprint density at radius 1 is 1.48 bits per heavy atom. The van der Waals surface area contributed by atoms with Gasteiger partial charge in [0.1, 0.15) is 5.60 Å². The van der Waals surface area contributed by atoms with Crippen LogP contribution < -0.4 is 0 Å². The van der Waals surface area contributed by atoms with Crippen molar-refractivity contribution in [3.8, 4) is 12.3 Å². The van der Waals surface area contributed by atoms with Crippen molar-refractivity contribution in [3.63, 3.8) is 0 Å². The van der Waals surface area contributed by atoms with Crippen LogP contribution in [0.5, 0.6) is 0 Å². The zero-order valence-electron chi connectivity index (χ0n) is 19.4. The second-order valence-corrected chi connectivity index (χ2v) is 7.20. The number of aliphatic hydroxyl groups is 1. The van der Waals surface area contributed by atoms with Crippen LogP contribution in [0.15, 0.2) is 23.8 Å². The van der Waals surface area contributed by atoms with E-state index in [4.69, 9.17) is 13.3 Å². The Kier molecular flexibility index (Phi) is 2.17. The number of fused-ring (bicyclic) bond motifs is 5. The Balaban J connectivity index is 1.87. The van der Waals surface area contributed by atoms with Crippen molar-refractivity contribution in [2.75, 3.05) is 0 Å². The fourth-order valence-corrected chi connectivity index (χ4v) is 5.41. The lowest BCUT2D eigenvalue weighted by molar-refractivity contribution is -0.116. The molecule has 2 fully saturated rings. The predicted molar refractivity (Wildman–Crippen MR) is 90.4 cm³/mol. The first-order valence-electron chi connectivity index (χ1n) is 11.5. The molecule has 0 aromatic rings. The number of ketones is 1. The number of carbonyl (C=O) groups is 1. The molecule has 122 valence electrons. The van der Waals surface area contributed by atoms with Crippen molar-refractivity contribution >= 4 is 5.78 Å². The summed E-state index contributed by atoms with van der Waals surface area (Å²) >= 11 is 0. The summed E-state index contributed by atoms with van der Waals surface area (Å²) in [7, 11) is 0. The molecule has 1 unspecified atom stereocenters. The van der Waals surface area contributed by atoms with Crippen LogP contribution in [0, 0.1) is 41.4 Å². The fourth-order valence-electron chi connectivity index (χ4n) is 5.41. The largest absolute Gasteiger partial charge is 0.373 e. The zero-order chi connectivity index (χ0) is 21.6. The first-order valence-corrected chi connectivity index (χ1v) is 8.46. The smallest absolute Gasteiger partial charge is 0.155 e. The van der Waals surface area contributed by atoms with E-state index in [9.17, 15) is 11.3 Å². The van der Waals surface area contributed by atoms with Gasteiger partial charge in [-0.05, 0) is 74.3 Å². The summed E-state index contributed by atoms with van der Waals surface area (Å²) in [6.45, 7) is 1.96. The maximum atomic E-state index is 12.4. The molecule has 2 saturated carbocycles. The number of terminal acetylenes is 1. The van der Waals surface area contributed by atoms with Crippen molar-refractivity contribution in [1.82, 2.24) is 0 Å². The van der Waals surface area contributed by atoms with Gasteiger partial charge in [0, 0.05) is 18.6 Å². The van der Waals surface area contributed by atoms with E-state index in [1.807, 2.05) is 13.0 Å². The Hall–Kier alpha value is -1.33. The maximum absolute atomic E-state index is 12.4. The summed E-state index contributed by atoms with van der Waals surface area (Å²) in [6.07, 6.45) is 5.95. The van der Waals surface area contributed by atoms with Gasteiger partial charge in [-0.3, -0.25) is 4.79 Å². The second-order valence-electron chi connectivity index (χ2n) is 7.20. The lowest BCUT2D eigenvalue weighted by Gasteiger charge is -2.55. The third-order valence-corrected chi connectivity index (χ3v) is 6.63. The van der Waals surface area contributed by atoms with Crippen molar-refractivity contribution in [1.29, 1.82) is 0 Å². The van der Waals surface area contributed by atoms with Crippen LogP contribution in [0.4, 0.5) is 0 Å². The van der Waals surface area contributed by atoms with Crippen molar-refractivity contribution in [2.45, 2.75) is 57.4 Å². The molecule has 0 bridgehead atoms. The highest BCUT2D eigenvalue weighted by molar-refractivity contribution is 5.91. The van der Waals surface area contributed by atoms with Gasteiger partial charge < -0.3 is 5.11 Å². The van der Waals surface area contributed by atoms with E-state index in [0.717, 1.165) is 0 Å². The second kappa shape index (κ2) is 5.08. The summed E-state index contributed by atoms with van der Waals surface area (Å²) in [4.78, 5) is 12.4. The first kappa shape index (κ1) is 9.84. The number of hydrogen-bond acceptors (Lipinski definition) is 2. The summed E-state index contributed by atoms with van der Waals surface area (Å²) in [5.74, 6) is -1.13. The van der Waals surface area contributed by atoms with Gasteiger partial charge in [-0.25, -0.2) is 0 Å². The zero-order valence-corrected chi connectivity index (χ0v) is 13.4. The monoisotopic (exact) mass is 316 g/mol. The van der Waals surface area contributed by atoms with Crippen LogP contribution in [0.25, 0.3) is 0 Å². The molecule has 6 atom stereocenters. The molecule has 1 N–H and O–H groups in total. The minimum absolute atomic E-state index is 0.0314. The van der Waals surface area contributed by atoms with E-state index in [2.05, 4.69) is 5.92 Å². The molecule has 0 amide bonds. The molecule has 4 rings (SSSR count). The van der Waals surface area contributed by atoms with Gasteiger partial charge >= 0.3 is 0 Å². The third kappa shape index (κ3) is 1.89. The molecule has 2 heteroatoms. The topological polar surface area (TPSA) is 37.3 Å². The molecule has 0 saturated heterocycles. The van der Waals surface area contributed by atoms with Crippen molar-refractivity contribution in [2.24, 2.45) is 29.1 Å². The molecule has 0 radical (unpaired) electrons. The van der Waals surface area contributed by atoms with Gasteiger partial charge in [0.2, 0.25) is 0 Å². The molecule has 0 aromatic heterocycles. The van der Waals surface area contributed by atoms with Crippen LogP contribution in [-0.4, -0.2) is 16.5 Å². The molecular weight excluding hydrogens is 284 g/mol. The number of allylic oxidation sites excluding steroid dienone is 3. The minimum atomic E-state index is -2.36. The Morgan fingerprint density at radius 2 is 2.30 bits per heavy atom. The molecule has 0 heterocycles. The predicted octanol–water partition coefficient (Wildman–Crippen LogP) is 3.66. The van der Waals surface area contributed by atoms with E-state index in [1.165, 1.54) is 0 Å². The number of hydrogen-bond donors (Lipinski definition) is 1. The molecule has 0 aliphatic heterocycles. The lowest BCUT2D eigenvalue weighted by atomic mass is 9.49. The summed E-state index contributed by atoms with van der Waals surface area (Å²) in [5, 5.41) is 11.1. The fraction of sp³-hybridized carbons (Fsp3) is 0.667. The molecule has 2 nitrogen and oxygen atoms in total. The first-order chi connectivity index (χ1) is 13.3. The Morgan fingerprint density at radius 3 is 3.04 bits per heavy atom. The molecule has 0 aromatic carbocycles. The van der Waals surface area contributed by atoms with E-state index in [-0.39, 0.29) is 23.8 Å². The highest BCUT2D eigenvalue weighted by atomic mass is 16.3. The highest BCUT2D eigenvalue weighted by Crippen LogP contribution is 2.63. The van der Waals surface area contributed by atoms with Crippen molar-refractivity contribution in [3.05, 3.63) is 23.8 Å². The van der Waals surface area contributed by atoms with Crippen molar-refractivity contribution < 1.29 is 18.1 Å².